The smallest absolute Gasteiger partial charge is 0.0849 e. The normalized spacial score (nSPS) is 21.2. The average molecular weight is 487 g/mol. The molecule has 3 aromatic rings. The Balaban J connectivity index is 1.08. The number of hydrogen-bond donors (Lipinski definition) is 2. The molecule has 4 heterocycles. The number of aryl methyl sites for hydroxylation is 1. The Bertz CT molecular complexity index is 1160. The minimum Gasteiger partial charge on any atom is -0.381 e. The van der Waals surface area contributed by atoms with Crippen LogP contribution >= 0.6 is 0 Å². The maximum atomic E-state index is 5.55. The maximum Gasteiger partial charge on any atom is 0.0849 e. The highest BCUT2D eigenvalue weighted by molar-refractivity contribution is 5.67. The molecule has 0 spiro atoms. The number of hydrogen-bond acceptors (Lipinski definition) is 6. The monoisotopic (exact) mass is 486 g/mol. The van der Waals surface area contributed by atoms with Gasteiger partial charge in [-0.1, -0.05) is 12.1 Å². The van der Waals surface area contributed by atoms with E-state index in [0.29, 0.717) is 12.1 Å². The van der Waals surface area contributed by atoms with Gasteiger partial charge in [-0.3, -0.25) is 4.98 Å². The third-order valence-electron chi connectivity index (χ3n) is 7.85. The van der Waals surface area contributed by atoms with Gasteiger partial charge in [-0.05, 0) is 73.8 Å². The molecular weight excluding hydrogens is 448 g/mol. The van der Waals surface area contributed by atoms with Crippen LogP contribution in [-0.4, -0.2) is 64.6 Å². The second-order valence-corrected chi connectivity index (χ2v) is 10.9. The molecule has 1 aromatic carbocycles. The number of rotatable bonds is 9. The topological polar surface area (TPSA) is 67.2 Å². The van der Waals surface area contributed by atoms with E-state index in [9.17, 15) is 0 Å². The number of piperidine rings is 1. The summed E-state index contributed by atoms with van der Waals surface area (Å²) in [5.74, 6) is 0.722. The number of ether oxygens (including phenoxy) is 1. The molecule has 2 N–H and O–H groups in total. The van der Waals surface area contributed by atoms with E-state index in [2.05, 4.69) is 63.0 Å². The van der Waals surface area contributed by atoms with Gasteiger partial charge < -0.3 is 20.3 Å². The molecule has 3 fully saturated rings. The standard InChI is InChI=1S/C29H38N6O/c1-21-2-3-22(14-31-25-4-5-25)12-29(21)24-15-32-35(19-24)28-13-27(16-30-17-28)33-26-6-9-34(10-7-26)18-23-8-11-36-20-23/h2-3,12-13,15-17,19,23,25-26,31,33H,4-11,14,18,20H2,1H3. The van der Waals surface area contributed by atoms with Crippen LogP contribution in [0.15, 0.2) is 49.1 Å². The van der Waals surface area contributed by atoms with Crippen molar-refractivity contribution < 1.29 is 4.74 Å². The Morgan fingerprint density at radius 3 is 2.69 bits per heavy atom. The van der Waals surface area contributed by atoms with Crippen molar-refractivity contribution in [3.8, 4) is 16.8 Å². The first-order chi connectivity index (χ1) is 17.7. The molecule has 0 amide bonds. The van der Waals surface area contributed by atoms with Gasteiger partial charge in [-0.2, -0.15) is 5.10 Å². The van der Waals surface area contributed by atoms with E-state index >= 15 is 0 Å². The van der Waals surface area contributed by atoms with E-state index in [1.54, 1.807) is 0 Å². The quantitative estimate of drug-likeness (QED) is 0.467. The molecule has 2 aliphatic heterocycles. The predicted octanol–water partition coefficient (Wildman–Crippen LogP) is 4.41. The first-order valence-corrected chi connectivity index (χ1v) is 13.6. The molecule has 1 saturated carbocycles. The van der Waals surface area contributed by atoms with Crippen molar-refractivity contribution in [3.05, 3.63) is 60.2 Å². The Labute approximate surface area is 214 Å². The SMILES string of the molecule is Cc1ccc(CNC2CC2)cc1-c1cnn(-c2cncc(NC3CCN(CC4CCOC4)CC3)c2)c1. The molecule has 2 saturated heterocycles. The fourth-order valence-corrected chi connectivity index (χ4v) is 5.46. The molecule has 6 rings (SSSR count). The molecular formula is C29H38N6O. The summed E-state index contributed by atoms with van der Waals surface area (Å²) in [5, 5.41) is 12.0. The van der Waals surface area contributed by atoms with Crippen molar-refractivity contribution in [2.24, 2.45) is 5.92 Å². The second kappa shape index (κ2) is 10.7. The minimum atomic E-state index is 0.487. The van der Waals surface area contributed by atoms with E-state index in [4.69, 9.17) is 4.74 Å². The largest absolute Gasteiger partial charge is 0.381 e. The van der Waals surface area contributed by atoms with Gasteiger partial charge in [0.25, 0.3) is 0 Å². The van der Waals surface area contributed by atoms with Crippen LogP contribution in [0.5, 0.6) is 0 Å². The van der Waals surface area contributed by atoms with E-state index in [1.165, 1.54) is 42.5 Å². The molecule has 1 unspecified atom stereocenters. The third kappa shape index (κ3) is 5.80. The highest BCUT2D eigenvalue weighted by Gasteiger charge is 2.24. The van der Waals surface area contributed by atoms with Crippen molar-refractivity contribution in [3.63, 3.8) is 0 Å². The van der Waals surface area contributed by atoms with Gasteiger partial charge >= 0.3 is 0 Å². The molecule has 3 aliphatic rings. The van der Waals surface area contributed by atoms with E-state index < -0.39 is 0 Å². The van der Waals surface area contributed by atoms with Crippen molar-refractivity contribution in [1.82, 2.24) is 25.0 Å². The molecule has 0 radical (unpaired) electrons. The van der Waals surface area contributed by atoms with Crippen LogP contribution in [0.3, 0.4) is 0 Å². The third-order valence-corrected chi connectivity index (χ3v) is 7.85. The summed E-state index contributed by atoms with van der Waals surface area (Å²) in [6.07, 6.45) is 14.1. The lowest BCUT2D eigenvalue weighted by molar-refractivity contribution is 0.154. The lowest BCUT2D eigenvalue weighted by atomic mass is 10.0. The van der Waals surface area contributed by atoms with Gasteiger partial charge in [-0.15, -0.1) is 0 Å². The molecule has 0 bridgehead atoms. The van der Waals surface area contributed by atoms with Gasteiger partial charge in [0, 0.05) is 56.6 Å². The summed E-state index contributed by atoms with van der Waals surface area (Å²) in [6.45, 7) is 8.46. The van der Waals surface area contributed by atoms with Crippen molar-refractivity contribution in [1.29, 1.82) is 0 Å². The molecule has 7 nitrogen and oxygen atoms in total. The summed E-state index contributed by atoms with van der Waals surface area (Å²) in [4.78, 5) is 7.12. The zero-order chi connectivity index (χ0) is 24.3. The Morgan fingerprint density at radius 1 is 1.00 bits per heavy atom. The summed E-state index contributed by atoms with van der Waals surface area (Å²) in [5.41, 5.74) is 7.02. The fourth-order valence-electron chi connectivity index (χ4n) is 5.46. The number of aromatic nitrogens is 3. The van der Waals surface area contributed by atoms with Crippen LogP contribution in [-0.2, 0) is 11.3 Å². The van der Waals surface area contributed by atoms with E-state index in [1.807, 2.05) is 23.3 Å². The van der Waals surface area contributed by atoms with Crippen molar-refractivity contribution >= 4 is 5.69 Å². The predicted molar refractivity (Wildman–Crippen MR) is 143 cm³/mol. The average Bonchev–Trinajstić information content (AvgIpc) is 3.35. The second-order valence-electron chi connectivity index (χ2n) is 10.9. The molecule has 36 heavy (non-hydrogen) atoms. The van der Waals surface area contributed by atoms with Crippen molar-refractivity contribution in [2.75, 3.05) is 38.2 Å². The number of anilines is 1. The van der Waals surface area contributed by atoms with E-state index in [0.717, 1.165) is 68.5 Å². The Morgan fingerprint density at radius 2 is 1.89 bits per heavy atom. The Kier molecular flexibility index (Phi) is 7.03. The fraction of sp³-hybridized carbons (Fsp3) is 0.517. The minimum absolute atomic E-state index is 0.487. The number of nitrogens with zero attached hydrogens (tertiary/aromatic N) is 4. The number of nitrogens with one attached hydrogen (secondary N) is 2. The highest BCUT2D eigenvalue weighted by Crippen LogP contribution is 2.27. The van der Waals surface area contributed by atoms with Crippen LogP contribution in [0.1, 0.15) is 43.2 Å². The summed E-state index contributed by atoms with van der Waals surface area (Å²) in [6, 6.07) is 10.1. The van der Waals surface area contributed by atoms with Crippen LogP contribution in [0.25, 0.3) is 16.8 Å². The van der Waals surface area contributed by atoms with Crippen LogP contribution < -0.4 is 10.6 Å². The highest BCUT2D eigenvalue weighted by atomic mass is 16.5. The van der Waals surface area contributed by atoms with Gasteiger partial charge in [0.15, 0.2) is 0 Å². The van der Waals surface area contributed by atoms with Crippen LogP contribution in [0.4, 0.5) is 5.69 Å². The lowest BCUT2D eigenvalue weighted by Gasteiger charge is -2.34. The van der Waals surface area contributed by atoms with Gasteiger partial charge in [0.05, 0.1) is 36.6 Å². The molecule has 1 aliphatic carbocycles. The van der Waals surface area contributed by atoms with Gasteiger partial charge in [0.2, 0.25) is 0 Å². The number of benzene rings is 1. The number of pyridine rings is 1. The first-order valence-electron chi connectivity index (χ1n) is 13.6. The molecule has 190 valence electrons. The van der Waals surface area contributed by atoms with Crippen LogP contribution in [0, 0.1) is 12.8 Å². The maximum absolute atomic E-state index is 5.55. The van der Waals surface area contributed by atoms with Gasteiger partial charge in [-0.25, -0.2) is 4.68 Å². The summed E-state index contributed by atoms with van der Waals surface area (Å²) >= 11 is 0. The summed E-state index contributed by atoms with van der Waals surface area (Å²) in [7, 11) is 0. The molecule has 7 heteroatoms. The molecule has 2 aromatic heterocycles. The number of likely N-dealkylation sites (tertiary alicyclic amines) is 1. The lowest BCUT2D eigenvalue weighted by Crippen LogP contribution is -2.41. The Hall–Kier alpha value is -2.74. The summed E-state index contributed by atoms with van der Waals surface area (Å²) < 4.78 is 7.49. The zero-order valence-electron chi connectivity index (χ0n) is 21.3. The van der Waals surface area contributed by atoms with Crippen molar-refractivity contribution in [2.45, 2.75) is 57.7 Å². The zero-order valence-corrected chi connectivity index (χ0v) is 21.3. The van der Waals surface area contributed by atoms with E-state index in [-0.39, 0.29) is 0 Å². The van der Waals surface area contributed by atoms with Crippen LogP contribution in [0.2, 0.25) is 0 Å². The van der Waals surface area contributed by atoms with Gasteiger partial charge in [0.1, 0.15) is 0 Å². The first kappa shape index (κ1) is 23.6. The molecule has 1 atom stereocenters.